The summed E-state index contributed by atoms with van der Waals surface area (Å²) in [6, 6.07) is 11.0. The van der Waals surface area contributed by atoms with Gasteiger partial charge in [0.15, 0.2) is 0 Å². The molecule has 11 heteroatoms. The fourth-order valence-electron chi connectivity index (χ4n) is 4.45. The molecule has 4 heterocycles. The number of likely N-dealkylation sites (tertiary alicyclic amines) is 1. The van der Waals surface area contributed by atoms with Crippen LogP contribution in [0.2, 0.25) is 0 Å². The maximum atomic E-state index is 12.6. The summed E-state index contributed by atoms with van der Waals surface area (Å²) in [5.41, 5.74) is 1.24. The molecule has 1 aromatic carbocycles. The minimum atomic E-state index is -0.444. The van der Waals surface area contributed by atoms with Crippen molar-refractivity contribution in [1.82, 2.24) is 20.2 Å². The van der Waals surface area contributed by atoms with E-state index in [0.717, 1.165) is 24.9 Å². The van der Waals surface area contributed by atoms with E-state index in [1.54, 1.807) is 17.0 Å². The fourth-order valence-corrected chi connectivity index (χ4v) is 5.11. The number of thioether (sulfide) groups is 1. The normalized spacial score (nSPS) is 19.8. The van der Waals surface area contributed by atoms with Crippen LogP contribution in [-0.2, 0) is 4.79 Å². The van der Waals surface area contributed by atoms with Crippen molar-refractivity contribution in [2.75, 3.05) is 56.2 Å². The molecular formula is C23H24N6O4S. The first kappa shape index (κ1) is 22.4. The Morgan fingerprint density at radius 1 is 1.21 bits per heavy atom. The van der Waals surface area contributed by atoms with Gasteiger partial charge >= 0.3 is 0 Å². The van der Waals surface area contributed by atoms with Crippen LogP contribution in [0.1, 0.15) is 16.1 Å². The number of benzene rings is 1. The minimum absolute atomic E-state index is 0.0306. The van der Waals surface area contributed by atoms with E-state index in [1.807, 2.05) is 42.3 Å². The van der Waals surface area contributed by atoms with Crippen LogP contribution in [0.5, 0.6) is 0 Å². The Kier molecular flexibility index (Phi) is 5.74. The van der Waals surface area contributed by atoms with E-state index in [0.29, 0.717) is 42.7 Å². The van der Waals surface area contributed by atoms with E-state index in [2.05, 4.69) is 20.2 Å². The third-order valence-corrected chi connectivity index (χ3v) is 6.97. The monoisotopic (exact) mass is 480 g/mol. The van der Waals surface area contributed by atoms with Crippen LogP contribution < -0.4 is 15.1 Å². The van der Waals surface area contributed by atoms with Gasteiger partial charge < -0.3 is 19.8 Å². The minimum Gasteiger partial charge on any atom is -0.395 e. The maximum Gasteiger partial charge on any atom is 0.290 e. The quantitative estimate of drug-likeness (QED) is 0.588. The van der Waals surface area contributed by atoms with Crippen molar-refractivity contribution >= 4 is 46.7 Å². The van der Waals surface area contributed by atoms with Crippen LogP contribution in [0.3, 0.4) is 0 Å². The lowest BCUT2D eigenvalue weighted by molar-refractivity contribution is -0.115. The second-order valence-corrected chi connectivity index (χ2v) is 9.85. The van der Waals surface area contributed by atoms with Crippen molar-refractivity contribution in [2.45, 2.75) is 0 Å². The number of aliphatic hydroxyl groups is 1. The van der Waals surface area contributed by atoms with Gasteiger partial charge in [-0.2, -0.15) is 4.98 Å². The number of nitrogens with one attached hydrogen (secondary N) is 1. The molecule has 2 N–H and O–H groups in total. The summed E-state index contributed by atoms with van der Waals surface area (Å²) < 4.78 is 0. The Labute approximate surface area is 200 Å². The summed E-state index contributed by atoms with van der Waals surface area (Å²) >= 11 is 0.837. The molecule has 5 rings (SSSR count). The average molecular weight is 481 g/mol. The summed E-state index contributed by atoms with van der Waals surface area (Å²) in [4.78, 5) is 51.4. The molecule has 1 aromatic heterocycles. The van der Waals surface area contributed by atoms with Gasteiger partial charge in [-0.3, -0.25) is 19.7 Å². The molecule has 0 aliphatic carbocycles. The van der Waals surface area contributed by atoms with Gasteiger partial charge in [0.1, 0.15) is 5.82 Å². The number of hydrogen-bond acceptors (Lipinski definition) is 9. The van der Waals surface area contributed by atoms with Crippen molar-refractivity contribution in [2.24, 2.45) is 5.41 Å². The topological polar surface area (TPSA) is 119 Å². The highest BCUT2D eigenvalue weighted by molar-refractivity contribution is 8.18. The maximum absolute atomic E-state index is 12.6. The molecule has 0 atom stereocenters. The molecule has 3 fully saturated rings. The molecule has 0 bridgehead atoms. The summed E-state index contributed by atoms with van der Waals surface area (Å²) in [6.45, 7) is 3.19. The Morgan fingerprint density at radius 3 is 2.59 bits per heavy atom. The molecule has 34 heavy (non-hydrogen) atoms. The molecule has 0 saturated carbocycles. The summed E-state index contributed by atoms with van der Waals surface area (Å²) in [6.07, 6.45) is 1.57. The van der Waals surface area contributed by atoms with Gasteiger partial charge in [0.25, 0.3) is 17.1 Å². The van der Waals surface area contributed by atoms with E-state index in [9.17, 15) is 19.5 Å². The zero-order chi connectivity index (χ0) is 23.9. The number of amides is 3. The highest BCUT2D eigenvalue weighted by Crippen LogP contribution is 2.42. The third-order valence-electron chi connectivity index (χ3n) is 6.16. The molecular weight excluding hydrogens is 456 g/mol. The molecule has 0 radical (unpaired) electrons. The first-order chi connectivity index (χ1) is 16.4. The number of carbonyl (C=O) groups is 3. The number of nitrogens with zero attached hydrogens (tertiary/aromatic N) is 5. The molecule has 3 saturated heterocycles. The van der Waals surface area contributed by atoms with Crippen LogP contribution in [0.4, 0.5) is 16.6 Å². The number of carbonyl (C=O) groups excluding carboxylic acids is 3. The van der Waals surface area contributed by atoms with Crippen molar-refractivity contribution in [1.29, 1.82) is 0 Å². The standard InChI is InChI=1S/C23H24N6O4S/c1-27(7-8-30)18-10-16(9-17-19(31)26-22(33)34-17)24-21(25-18)29-13-23(14-29)11-28(12-23)20(32)15-5-3-2-4-6-15/h2-6,9-10,30H,7-8,11-14H2,1H3,(H,26,31,33)/b17-9-. The molecule has 3 aliphatic heterocycles. The number of imide groups is 1. The number of aromatic nitrogens is 2. The Bertz CT molecular complexity index is 1170. The highest BCUT2D eigenvalue weighted by atomic mass is 32.2. The predicted molar refractivity (Wildman–Crippen MR) is 128 cm³/mol. The Balaban J connectivity index is 1.31. The molecule has 10 nitrogen and oxygen atoms in total. The zero-order valence-electron chi connectivity index (χ0n) is 18.6. The first-order valence-electron chi connectivity index (χ1n) is 10.9. The van der Waals surface area contributed by atoms with Crippen LogP contribution >= 0.6 is 11.8 Å². The number of likely N-dealkylation sites (N-methyl/N-ethyl adjacent to an activating group) is 1. The average Bonchev–Trinajstić information content (AvgIpc) is 3.08. The molecule has 2 aromatic rings. The van der Waals surface area contributed by atoms with Crippen LogP contribution in [0, 0.1) is 5.41 Å². The van der Waals surface area contributed by atoms with E-state index >= 15 is 0 Å². The predicted octanol–water partition coefficient (Wildman–Crippen LogP) is 1.19. The molecule has 1 spiro atoms. The number of aliphatic hydroxyl groups excluding tert-OH is 1. The van der Waals surface area contributed by atoms with Gasteiger partial charge in [-0.1, -0.05) is 18.2 Å². The fraction of sp³-hybridized carbons (Fsp3) is 0.348. The highest BCUT2D eigenvalue weighted by Gasteiger charge is 2.54. The number of anilines is 2. The van der Waals surface area contributed by atoms with Crippen LogP contribution in [0.15, 0.2) is 41.3 Å². The molecule has 0 unspecified atom stereocenters. The lowest BCUT2D eigenvalue weighted by Crippen LogP contribution is -2.73. The zero-order valence-corrected chi connectivity index (χ0v) is 19.4. The van der Waals surface area contributed by atoms with E-state index in [-0.39, 0.29) is 22.8 Å². The second-order valence-electron chi connectivity index (χ2n) is 8.83. The van der Waals surface area contributed by atoms with Gasteiger partial charge in [0.05, 0.1) is 17.2 Å². The Morgan fingerprint density at radius 2 is 1.94 bits per heavy atom. The summed E-state index contributed by atoms with van der Waals surface area (Å²) in [7, 11) is 1.82. The van der Waals surface area contributed by atoms with Crippen LogP contribution in [0.25, 0.3) is 6.08 Å². The largest absolute Gasteiger partial charge is 0.395 e. The Hall–Kier alpha value is -3.44. The van der Waals surface area contributed by atoms with Crippen molar-refractivity contribution in [3.05, 3.63) is 52.6 Å². The third kappa shape index (κ3) is 4.24. The van der Waals surface area contributed by atoms with Gasteiger partial charge in [-0.15, -0.1) is 0 Å². The van der Waals surface area contributed by atoms with E-state index in [1.165, 1.54) is 0 Å². The smallest absolute Gasteiger partial charge is 0.290 e. The molecule has 3 aliphatic rings. The van der Waals surface area contributed by atoms with Gasteiger partial charge in [0, 0.05) is 56.8 Å². The van der Waals surface area contributed by atoms with Crippen LogP contribution in [-0.4, -0.2) is 83.4 Å². The van der Waals surface area contributed by atoms with Gasteiger partial charge in [0.2, 0.25) is 5.95 Å². The van der Waals surface area contributed by atoms with Gasteiger partial charge in [-0.05, 0) is 30.0 Å². The van der Waals surface area contributed by atoms with E-state index in [4.69, 9.17) is 0 Å². The van der Waals surface area contributed by atoms with Crippen molar-refractivity contribution < 1.29 is 19.5 Å². The first-order valence-corrected chi connectivity index (χ1v) is 11.7. The second kappa shape index (κ2) is 8.73. The van der Waals surface area contributed by atoms with Crippen molar-refractivity contribution in [3.63, 3.8) is 0 Å². The van der Waals surface area contributed by atoms with Gasteiger partial charge in [-0.25, -0.2) is 4.98 Å². The lowest BCUT2D eigenvalue weighted by Gasteiger charge is -2.60. The van der Waals surface area contributed by atoms with Crippen molar-refractivity contribution in [3.8, 4) is 0 Å². The number of rotatable bonds is 6. The molecule has 176 valence electrons. The lowest BCUT2D eigenvalue weighted by atomic mass is 9.72. The summed E-state index contributed by atoms with van der Waals surface area (Å²) in [5, 5.41) is 11.2. The summed E-state index contributed by atoms with van der Waals surface area (Å²) in [5.74, 6) is 0.726. The SMILES string of the molecule is CN(CCO)c1cc(/C=C2\SC(=O)NC2=O)nc(N2CC3(CN(C(=O)c4ccccc4)C3)C2)n1. The number of hydrogen-bond donors (Lipinski definition) is 2. The van der Waals surface area contributed by atoms with E-state index < -0.39 is 11.1 Å². The molecule has 3 amide bonds.